The molecule has 0 aliphatic rings. The van der Waals surface area contributed by atoms with Gasteiger partial charge in [0.25, 0.3) is 0 Å². The molecule has 0 saturated heterocycles. The highest BCUT2D eigenvalue weighted by atomic mass is 16.5. The second kappa shape index (κ2) is 8.98. The van der Waals surface area contributed by atoms with Crippen LogP contribution in [0.5, 0.6) is 11.5 Å². The summed E-state index contributed by atoms with van der Waals surface area (Å²) in [7, 11) is 0. The summed E-state index contributed by atoms with van der Waals surface area (Å²) in [6.45, 7) is 9.02. The molecule has 1 aromatic rings. The lowest BCUT2D eigenvalue weighted by Gasteiger charge is -2.12. The molecule has 0 fully saturated rings. The van der Waals surface area contributed by atoms with Gasteiger partial charge in [0.05, 0.1) is 6.04 Å². The van der Waals surface area contributed by atoms with E-state index in [0.717, 1.165) is 0 Å². The van der Waals surface area contributed by atoms with Crippen LogP contribution in [-0.2, 0) is 0 Å². The van der Waals surface area contributed by atoms with Crippen LogP contribution in [0, 0.1) is 0 Å². The molecule has 3 N–H and O–H groups in total. The van der Waals surface area contributed by atoms with Crippen molar-refractivity contribution in [1.29, 1.82) is 0 Å². The van der Waals surface area contributed by atoms with E-state index in [1.165, 1.54) is 0 Å². The van der Waals surface area contributed by atoms with E-state index in [1.807, 2.05) is 24.3 Å². The van der Waals surface area contributed by atoms with E-state index in [2.05, 4.69) is 30.9 Å². The Morgan fingerprint density at radius 1 is 1.35 bits per heavy atom. The Kier molecular flexibility index (Phi) is 7.21. The van der Waals surface area contributed by atoms with Gasteiger partial charge in [0.15, 0.2) is 11.5 Å². The average Bonchev–Trinajstić information content (AvgIpc) is 2.46. The number of nitrogens with two attached hydrogens (primary N) is 1. The fourth-order valence-corrected chi connectivity index (χ4v) is 1.50. The summed E-state index contributed by atoms with van der Waals surface area (Å²) < 4.78 is 11.1. The number of hydrogen-bond acceptors (Lipinski definition) is 4. The lowest BCUT2D eigenvalue weighted by molar-refractivity contribution is -0.670. The summed E-state index contributed by atoms with van der Waals surface area (Å²) >= 11 is 0. The van der Waals surface area contributed by atoms with Gasteiger partial charge in [-0.15, -0.1) is 0 Å². The molecule has 0 bridgehead atoms. The van der Waals surface area contributed by atoms with Gasteiger partial charge >= 0.3 is 0 Å². The summed E-state index contributed by atoms with van der Waals surface area (Å²) in [6, 6.07) is 7.83. The number of benzene rings is 1. The van der Waals surface area contributed by atoms with Crippen LogP contribution in [0.4, 0.5) is 0 Å². The van der Waals surface area contributed by atoms with Gasteiger partial charge in [0.2, 0.25) is 0 Å². The van der Waals surface area contributed by atoms with Crippen molar-refractivity contribution in [1.82, 2.24) is 0 Å². The highest BCUT2D eigenvalue weighted by Crippen LogP contribution is 2.26. The summed E-state index contributed by atoms with van der Waals surface area (Å²) in [5, 5.41) is 14.3. The van der Waals surface area contributed by atoms with Crippen molar-refractivity contribution in [3.63, 3.8) is 0 Å². The van der Waals surface area contributed by atoms with E-state index in [9.17, 15) is 0 Å². The third kappa shape index (κ3) is 5.75. The smallest absolute Gasteiger partial charge is 0.161 e. The van der Waals surface area contributed by atoms with Crippen LogP contribution in [-0.4, -0.2) is 36.7 Å². The molecule has 5 heteroatoms. The quantitative estimate of drug-likeness (QED) is 0.311. The van der Waals surface area contributed by atoms with E-state index in [-0.39, 0.29) is 6.61 Å². The van der Waals surface area contributed by atoms with Crippen LogP contribution < -0.4 is 14.8 Å². The lowest BCUT2D eigenvalue weighted by atomic mass is 10.3. The number of oxime groups is 1. The Morgan fingerprint density at radius 2 is 2.00 bits per heavy atom. The second-order valence-corrected chi connectivity index (χ2v) is 4.69. The maximum Gasteiger partial charge on any atom is 0.161 e. The average molecular weight is 279 g/mol. The Balaban J connectivity index is 2.57. The normalized spacial score (nSPS) is 11.4. The predicted molar refractivity (Wildman–Crippen MR) is 78.8 cm³/mol. The van der Waals surface area contributed by atoms with Gasteiger partial charge in [-0.1, -0.05) is 29.9 Å². The van der Waals surface area contributed by atoms with Gasteiger partial charge in [-0.2, -0.15) is 0 Å². The highest BCUT2D eigenvalue weighted by molar-refractivity contribution is 5.86. The summed E-state index contributed by atoms with van der Waals surface area (Å²) in [6.07, 6.45) is 1.68. The van der Waals surface area contributed by atoms with Crippen molar-refractivity contribution in [3.05, 3.63) is 36.9 Å². The molecule has 110 valence electrons. The standard InChI is InChI=1S/C15H22N2O3/c1-4-9-19-14-7-5-6-8-15(14)20-11-13(17-18)10-16-12(2)3/h4-8,12,16,18H,1,9-11H2,2-3H3/p+1/b17-13-. The lowest BCUT2D eigenvalue weighted by Crippen LogP contribution is -2.90. The zero-order valence-corrected chi connectivity index (χ0v) is 12.1. The van der Waals surface area contributed by atoms with Crippen molar-refractivity contribution in [2.24, 2.45) is 5.16 Å². The topological polar surface area (TPSA) is 67.7 Å². The molecule has 0 aliphatic carbocycles. The Hall–Kier alpha value is -2.01. The molecule has 1 aromatic carbocycles. The fraction of sp³-hybridized carbons (Fsp3) is 0.400. The molecule has 0 atom stereocenters. The van der Waals surface area contributed by atoms with Crippen molar-refractivity contribution in [2.75, 3.05) is 19.8 Å². The molecule has 0 spiro atoms. The Bertz CT molecular complexity index is 444. The Morgan fingerprint density at radius 3 is 2.55 bits per heavy atom. The largest absolute Gasteiger partial charge is 0.486 e. The van der Waals surface area contributed by atoms with Crippen molar-refractivity contribution in [3.8, 4) is 11.5 Å². The number of para-hydroxylation sites is 2. The first-order valence-corrected chi connectivity index (χ1v) is 6.66. The molecule has 0 unspecified atom stereocenters. The maximum atomic E-state index is 8.97. The molecular formula is C15H23N2O3+. The number of ether oxygens (including phenoxy) is 2. The molecule has 20 heavy (non-hydrogen) atoms. The fourth-order valence-electron chi connectivity index (χ4n) is 1.50. The zero-order chi connectivity index (χ0) is 14.8. The first-order valence-electron chi connectivity index (χ1n) is 6.66. The summed E-state index contributed by atoms with van der Waals surface area (Å²) in [5.41, 5.74) is 0.581. The predicted octanol–water partition coefficient (Wildman–Crippen LogP) is 1.43. The van der Waals surface area contributed by atoms with Crippen molar-refractivity contribution < 1.29 is 20.0 Å². The molecule has 0 saturated carbocycles. The van der Waals surface area contributed by atoms with E-state index in [0.29, 0.717) is 36.4 Å². The molecular weight excluding hydrogens is 256 g/mol. The first kappa shape index (κ1) is 16.0. The molecule has 1 rings (SSSR count). The molecule has 0 amide bonds. The number of nitrogens with zero attached hydrogens (tertiary/aromatic N) is 1. The third-order valence-electron chi connectivity index (χ3n) is 2.57. The first-order chi connectivity index (χ1) is 9.67. The summed E-state index contributed by atoms with van der Waals surface area (Å²) in [5.74, 6) is 1.28. The van der Waals surface area contributed by atoms with Crippen LogP contribution in [0.25, 0.3) is 0 Å². The van der Waals surface area contributed by atoms with Crippen LogP contribution in [0.2, 0.25) is 0 Å². The van der Waals surface area contributed by atoms with Gasteiger partial charge < -0.3 is 20.0 Å². The van der Waals surface area contributed by atoms with Gasteiger partial charge in [-0.05, 0) is 26.0 Å². The Labute approximate surface area is 119 Å². The third-order valence-corrected chi connectivity index (χ3v) is 2.57. The molecule has 0 aliphatic heterocycles. The van der Waals surface area contributed by atoms with E-state index in [4.69, 9.17) is 14.7 Å². The van der Waals surface area contributed by atoms with E-state index >= 15 is 0 Å². The molecule has 0 radical (unpaired) electrons. The number of rotatable bonds is 9. The molecule has 5 nitrogen and oxygen atoms in total. The summed E-state index contributed by atoms with van der Waals surface area (Å²) in [4.78, 5) is 0. The molecule has 0 aromatic heterocycles. The van der Waals surface area contributed by atoms with Gasteiger partial charge in [-0.25, -0.2) is 0 Å². The second-order valence-electron chi connectivity index (χ2n) is 4.69. The van der Waals surface area contributed by atoms with Crippen LogP contribution >= 0.6 is 0 Å². The minimum Gasteiger partial charge on any atom is -0.486 e. The monoisotopic (exact) mass is 279 g/mol. The van der Waals surface area contributed by atoms with Crippen molar-refractivity contribution in [2.45, 2.75) is 19.9 Å². The van der Waals surface area contributed by atoms with E-state index < -0.39 is 0 Å². The highest BCUT2D eigenvalue weighted by Gasteiger charge is 2.09. The van der Waals surface area contributed by atoms with Crippen LogP contribution in [0.3, 0.4) is 0 Å². The minimum atomic E-state index is 0.230. The van der Waals surface area contributed by atoms with E-state index in [1.54, 1.807) is 6.08 Å². The number of quaternary nitrogens is 1. The zero-order valence-electron chi connectivity index (χ0n) is 12.1. The number of hydrogen-bond donors (Lipinski definition) is 2. The molecule has 0 heterocycles. The van der Waals surface area contributed by atoms with Crippen LogP contribution in [0.15, 0.2) is 42.1 Å². The van der Waals surface area contributed by atoms with Crippen molar-refractivity contribution >= 4 is 5.71 Å². The maximum absolute atomic E-state index is 8.97. The van der Waals surface area contributed by atoms with Gasteiger partial charge in [-0.3, -0.25) is 0 Å². The van der Waals surface area contributed by atoms with Crippen LogP contribution in [0.1, 0.15) is 13.8 Å². The van der Waals surface area contributed by atoms with Gasteiger partial charge in [0.1, 0.15) is 25.5 Å². The minimum absolute atomic E-state index is 0.230. The van der Waals surface area contributed by atoms with Gasteiger partial charge in [0, 0.05) is 0 Å². The SMILES string of the molecule is C=CCOc1ccccc1OC/C(C[NH2+]C(C)C)=N\O.